The highest BCUT2D eigenvalue weighted by atomic mass is 16.5. The average molecular weight is 236 g/mol. The molecule has 3 aromatic rings. The maximum Gasteiger partial charge on any atom is 0.141 e. The summed E-state index contributed by atoms with van der Waals surface area (Å²) in [6.07, 6.45) is 0. The van der Waals surface area contributed by atoms with Gasteiger partial charge in [0.15, 0.2) is 0 Å². The lowest BCUT2D eigenvalue weighted by Crippen LogP contribution is -1.91. The standard InChI is InChI=1S/C15H12N2O/c1-18-11-7-6-10-9-17-14-5-3-2-4-13(14)16-15(17)12(10)8-11/h2-8H,9H2,1H3. The van der Waals surface area contributed by atoms with E-state index in [2.05, 4.69) is 34.9 Å². The number of nitrogens with zero attached hydrogens (tertiary/aromatic N) is 2. The highest BCUT2D eigenvalue weighted by molar-refractivity contribution is 5.83. The van der Waals surface area contributed by atoms with Crippen molar-refractivity contribution in [1.29, 1.82) is 0 Å². The second kappa shape index (κ2) is 3.35. The molecule has 0 atom stereocenters. The van der Waals surface area contributed by atoms with Crippen LogP contribution in [0, 0.1) is 0 Å². The molecule has 0 saturated carbocycles. The Balaban J connectivity index is 2.02. The van der Waals surface area contributed by atoms with Gasteiger partial charge in [0.1, 0.15) is 11.6 Å². The van der Waals surface area contributed by atoms with Gasteiger partial charge in [-0.25, -0.2) is 4.98 Å². The summed E-state index contributed by atoms with van der Waals surface area (Å²) in [6, 6.07) is 14.5. The van der Waals surface area contributed by atoms with Crippen molar-refractivity contribution >= 4 is 11.0 Å². The second-order valence-corrected chi connectivity index (χ2v) is 4.53. The molecule has 4 rings (SSSR count). The van der Waals surface area contributed by atoms with Gasteiger partial charge in [-0.05, 0) is 29.8 Å². The van der Waals surface area contributed by atoms with E-state index in [0.717, 1.165) is 23.6 Å². The first kappa shape index (κ1) is 9.71. The van der Waals surface area contributed by atoms with Crippen LogP contribution in [0.4, 0.5) is 0 Å². The molecule has 0 amide bonds. The van der Waals surface area contributed by atoms with Crippen molar-refractivity contribution in [2.24, 2.45) is 0 Å². The summed E-state index contributed by atoms with van der Waals surface area (Å²) in [5, 5.41) is 0. The van der Waals surface area contributed by atoms with Crippen LogP contribution in [-0.4, -0.2) is 16.7 Å². The largest absolute Gasteiger partial charge is 0.497 e. The normalized spacial score (nSPS) is 12.5. The number of hydrogen-bond donors (Lipinski definition) is 0. The summed E-state index contributed by atoms with van der Waals surface area (Å²) in [7, 11) is 1.69. The molecular weight excluding hydrogens is 224 g/mol. The topological polar surface area (TPSA) is 27.1 Å². The Kier molecular flexibility index (Phi) is 1.81. The number of aromatic nitrogens is 2. The number of para-hydroxylation sites is 2. The molecule has 2 heterocycles. The molecule has 0 bridgehead atoms. The highest BCUT2D eigenvalue weighted by Crippen LogP contribution is 2.36. The minimum atomic E-state index is 0.884. The van der Waals surface area contributed by atoms with Gasteiger partial charge in [-0.3, -0.25) is 0 Å². The predicted molar refractivity (Wildman–Crippen MR) is 70.8 cm³/mol. The average Bonchev–Trinajstić information content (AvgIpc) is 2.94. The van der Waals surface area contributed by atoms with E-state index in [9.17, 15) is 0 Å². The van der Waals surface area contributed by atoms with Gasteiger partial charge in [-0.2, -0.15) is 0 Å². The van der Waals surface area contributed by atoms with Crippen LogP contribution in [-0.2, 0) is 6.54 Å². The van der Waals surface area contributed by atoms with E-state index in [-0.39, 0.29) is 0 Å². The van der Waals surface area contributed by atoms with Crippen molar-refractivity contribution in [3.8, 4) is 17.1 Å². The molecule has 3 nitrogen and oxygen atoms in total. The molecule has 2 aromatic carbocycles. The minimum absolute atomic E-state index is 0.884. The summed E-state index contributed by atoms with van der Waals surface area (Å²) in [4.78, 5) is 4.72. The molecule has 1 aliphatic heterocycles. The maximum absolute atomic E-state index is 5.29. The van der Waals surface area contributed by atoms with Crippen LogP contribution < -0.4 is 4.74 Å². The summed E-state index contributed by atoms with van der Waals surface area (Å²) in [6.45, 7) is 0.898. The third-order valence-corrected chi connectivity index (χ3v) is 3.54. The van der Waals surface area contributed by atoms with Gasteiger partial charge in [0.25, 0.3) is 0 Å². The van der Waals surface area contributed by atoms with Crippen LogP contribution >= 0.6 is 0 Å². The molecule has 0 fully saturated rings. The Morgan fingerprint density at radius 3 is 2.94 bits per heavy atom. The summed E-state index contributed by atoms with van der Waals surface area (Å²) >= 11 is 0. The fraction of sp³-hybridized carbons (Fsp3) is 0.133. The van der Waals surface area contributed by atoms with Crippen molar-refractivity contribution in [3.05, 3.63) is 48.0 Å². The number of rotatable bonds is 1. The van der Waals surface area contributed by atoms with Gasteiger partial charge in [0, 0.05) is 5.56 Å². The second-order valence-electron chi connectivity index (χ2n) is 4.53. The number of ether oxygens (including phenoxy) is 1. The van der Waals surface area contributed by atoms with E-state index < -0.39 is 0 Å². The lowest BCUT2D eigenvalue weighted by molar-refractivity contribution is 0.415. The van der Waals surface area contributed by atoms with Gasteiger partial charge in [0.05, 0.1) is 24.7 Å². The van der Waals surface area contributed by atoms with E-state index in [4.69, 9.17) is 9.72 Å². The molecule has 1 aliphatic rings. The van der Waals surface area contributed by atoms with Gasteiger partial charge in [-0.15, -0.1) is 0 Å². The van der Waals surface area contributed by atoms with E-state index >= 15 is 0 Å². The molecule has 1 aromatic heterocycles. The molecule has 0 spiro atoms. The first-order chi connectivity index (χ1) is 8.86. The molecule has 18 heavy (non-hydrogen) atoms. The van der Waals surface area contributed by atoms with Crippen LogP contribution in [0.25, 0.3) is 22.4 Å². The zero-order valence-electron chi connectivity index (χ0n) is 10.1. The van der Waals surface area contributed by atoms with Crippen LogP contribution in [0.15, 0.2) is 42.5 Å². The van der Waals surface area contributed by atoms with Gasteiger partial charge in [-0.1, -0.05) is 18.2 Å². The summed E-state index contributed by atoms with van der Waals surface area (Å²) in [5.41, 5.74) is 4.75. The monoisotopic (exact) mass is 236 g/mol. The Bertz CT molecular complexity index is 758. The van der Waals surface area contributed by atoms with Gasteiger partial charge < -0.3 is 9.30 Å². The van der Waals surface area contributed by atoms with Gasteiger partial charge >= 0.3 is 0 Å². The number of hydrogen-bond acceptors (Lipinski definition) is 2. The quantitative estimate of drug-likeness (QED) is 0.508. The number of methoxy groups -OCH3 is 1. The lowest BCUT2D eigenvalue weighted by atomic mass is 10.1. The molecule has 0 N–H and O–H groups in total. The smallest absolute Gasteiger partial charge is 0.141 e. The Morgan fingerprint density at radius 2 is 2.06 bits per heavy atom. The molecule has 0 aliphatic carbocycles. The maximum atomic E-state index is 5.29. The number of fused-ring (bicyclic) bond motifs is 5. The molecule has 0 saturated heterocycles. The van der Waals surface area contributed by atoms with Crippen LogP contribution in [0.3, 0.4) is 0 Å². The minimum Gasteiger partial charge on any atom is -0.497 e. The third kappa shape index (κ3) is 1.16. The van der Waals surface area contributed by atoms with E-state index in [1.807, 2.05) is 12.1 Å². The van der Waals surface area contributed by atoms with Crippen molar-refractivity contribution in [2.75, 3.05) is 7.11 Å². The number of imidazole rings is 1. The summed E-state index contributed by atoms with van der Waals surface area (Å²) < 4.78 is 7.55. The number of benzene rings is 2. The fourth-order valence-corrected chi connectivity index (χ4v) is 2.64. The third-order valence-electron chi connectivity index (χ3n) is 3.54. The van der Waals surface area contributed by atoms with E-state index in [0.29, 0.717) is 0 Å². The Labute approximate surface area is 105 Å². The first-order valence-electron chi connectivity index (χ1n) is 5.99. The molecular formula is C15H12N2O. The van der Waals surface area contributed by atoms with E-state index in [1.165, 1.54) is 16.6 Å². The molecule has 3 heteroatoms. The fourth-order valence-electron chi connectivity index (χ4n) is 2.64. The lowest BCUT2D eigenvalue weighted by Gasteiger charge is -2.02. The molecule has 0 radical (unpaired) electrons. The molecule has 88 valence electrons. The van der Waals surface area contributed by atoms with Crippen LogP contribution in [0.1, 0.15) is 5.56 Å². The van der Waals surface area contributed by atoms with Crippen LogP contribution in [0.5, 0.6) is 5.75 Å². The van der Waals surface area contributed by atoms with Gasteiger partial charge in [0.2, 0.25) is 0 Å². The highest BCUT2D eigenvalue weighted by Gasteiger charge is 2.22. The van der Waals surface area contributed by atoms with Crippen molar-refractivity contribution in [3.63, 3.8) is 0 Å². The zero-order chi connectivity index (χ0) is 12.1. The predicted octanol–water partition coefficient (Wildman–Crippen LogP) is 3.07. The van der Waals surface area contributed by atoms with Crippen molar-refractivity contribution in [1.82, 2.24) is 9.55 Å². The first-order valence-corrected chi connectivity index (χ1v) is 5.99. The Morgan fingerprint density at radius 1 is 1.17 bits per heavy atom. The van der Waals surface area contributed by atoms with Crippen molar-refractivity contribution in [2.45, 2.75) is 6.54 Å². The van der Waals surface area contributed by atoms with Crippen molar-refractivity contribution < 1.29 is 4.74 Å². The molecule has 0 unspecified atom stereocenters. The van der Waals surface area contributed by atoms with E-state index in [1.54, 1.807) is 7.11 Å². The zero-order valence-corrected chi connectivity index (χ0v) is 10.1. The summed E-state index contributed by atoms with van der Waals surface area (Å²) in [5.74, 6) is 1.93. The Hall–Kier alpha value is -2.29. The SMILES string of the molecule is COc1ccc2c(c1)-c1nc3ccccc3n1C2. The van der Waals surface area contributed by atoms with Crippen LogP contribution in [0.2, 0.25) is 0 Å².